The highest BCUT2D eigenvalue weighted by atomic mass is 79.9. The second-order valence-electron chi connectivity index (χ2n) is 6.07. The summed E-state index contributed by atoms with van der Waals surface area (Å²) in [7, 11) is 0. The van der Waals surface area contributed by atoms with Crippen LogP contribution in [0, 0.1) is 10.1 Å². The maximum absolute atomic E-state index is 12.6. The van der Waals surface area contributed by atoms with E-state index in [-0.39, 0.29) is 30.2 Å². The molecule has 3 rings (SSSR count). The Kier molecular flexibility index (Phi) is 5.57. The number of ketones is 1. The van der Waals surface area contributed by atoms with Crippen molar-refractivity contribution in [3.63, 3.8) is 0 Å². The summed E-state index contributed by atoms with van der Waals surface area (Å²) in [6.07, 6.45) is 0. The van der Waals surface area contributed by atoms with Gasteiger partial charge in [0.2, 0.25) is 0 Å². The highest BCUT2D eigenvalue weighted by Gasteiger charge is 2.45. The third-order valence-electron chi connectivity index (χ3n) is 4.42. The van der Waals surface area contributed by atoms with Crippen molar-refractivity contribution in [2.24, 2.45) is 0 Å². The Morgan fingerprint density at radius 3 is 2.25 bits per heavy atom. The summed E-state index contributed by atoms with van der Waals surface area (Å²) in [5, 5.41) is 31.0. The Bertz CT molecular complexity index is 969. The lowest BCUT2D eigenvalue weighted by atomic mass is 9.95. The fourth-order valence-corrected chi connectivity index (χ4v) is 3.37. The highest BCUT2D eigenvalue weighted by molar-refractivity contribution is 9.10. The molecule has 9 heteroatoms. The molecule has 1 aliphatic rings. The van der Waals surface area contributed by atoms with Crippen LogP contribution in [0.1, 0.15) is 17.2 Å². The monoisotopic (exact) mass is 446 g/mol. The van der Waals surface area contributed by atoms with E-state index in [1.165, 1.54) is 24.3 Å². The van der Waals surface area contributed by atoms with Crippen LogP contribution < -0.4 is 0 Å². The first-order valence-electron chi connectivity index (χ1n) is 8.24. The quantitative estimate of drug-likeness (QED) is 0.239. The number of aliphatic hydroxyl groups excluding tert-OH is 2. The van der Waals surface area contributed by atoms with Gasteiger partial charge in [-0.15, -0.1) is 0 Å². The second-order valence-corrected chi connectivity index (χ2v) is 6.99. The SMILES string of the molecule is O=C1C(=O)N(CCO)C(c2ccc([N+](=O)[O-])cc2)/C1=C(/O)c1ccc(Br)cc1. The summed E-state index contributed by atoms with van der Waals surface area (Å²) in [5.74, 6) is -2.08. The van der Waals surface area contributed by atoms with E-state index in [4.69, 9.17) is 0 Å². The van der Waals surface area contributed by atoms with E-state index in [1.807, 2.05) is 0 Å². The van der Waals surface area contributed by atoms with Gasteiger partial charge in [-0.3, -0.25) is 19.7 Å². The van der Waals surface area contributed by atoms with Crippen molar-refractivity contribution in [3.05, 3.63) is 79.8 Å². The number of nitro benzene ring substituents is 1. The summed E-state index contributed by atoms with van der Waals surface area (Å²) in [6, 6.07) is 10.9. The van der Waals surface area contributed by atoms with E-state index in [9.17, 15) is 29.9 Å². The predicted molar refractivity (Wildman–Crippen MR) is 103 cm³/mol. The van der Waals surface area contributed by atoms with Crippen molar-refractivity contribution in [2.75, 3.05) is 13.2 Å². The van der Waals surface area contributed by atoms with Gasteiger partial charge in [0.1, 0.15) is 5.76 Å². The summed E-state index contributed by atoms with van der Waals surface area (Å²) in [6.45, 7) is -0.502. The maximum Gasteiger partial charge on any atom is 0.295 e. The van der Waals surface area contributed by atoms with Gasteiger partial charge in [0, 0.05) is 28.7 Å². The molecule has 1 atom stereocenters. The minimum Gasteiger partial charge on any atom is -0.507 e. The van der Waals surface area contributed by atoms with Gasteiger partial charge in [0.05, 0.1) is 23.1 Å². The molecule has 0 radical (unpaired) electrons. The van der Waals surface area contributed by atoms with Gasteiger partial charge in [0.15, 0.2) is 0 Å². The number of aliphatic hydroxyl groups is 2. The number of β-amino-alcohol motifs (C(OH)–C–C–N with tert-alkyl or cyclic N) is 1. The molecule has 2 aromatic rings. The number of carbonyl (C=O) groups excluding carboxylic acids is 2. The molecule has 1 fully saturated rings. The number of amides is 1. The highest BCUT2D eigenvalue weighted by Crippen LogP contribution is 2.39. The van der Waals surface area contributed by atoms with E-state index >= 15 is 0 Å². The van der Waals surface area contributed by atoms with Crippen LogP contribution in [0.15, 0.2) is 58.6 Å². The number of nitro groups is 1. The molecule has 2 N–H and O–H groups in total. The van der Waals surface area contributed by atoms with E-state index in [0.717, 1.165) is 9.37 Å². The van der Waals surface area contributed by atoms with Crippen LogP contribution in [0.2, 0.25) is 0 Å². The molecule has 0 spiro atoms. The Labute approximate surface area is 168 Å². The zero-order valence-corrected chi connectivity index (χ0v) is 16.0. The number of hydrogen-bond acceptors (Lipinski definition) is 6. The first-order valence-corrected chi connectivity index (χ1v) is 9.04. The van der Waals surface area contributed by atoms with Crippen LogP contribution in [0.4, 0.5) is 5.69 Å². The van der Waals surface area contributed by atoms with Gasteiger partial charge >= 0.3 is 0 Å². The Morgan fingerprint density at radius 1 is 1.11 bits per heavy atom. The molecular formula is C19H15BrN2O6. The zero-order chi connectivity index (χ0) is 20.4. The second kappa shape index (κ2) is 7.91. The van der Waals surface area contributed by atoms with E-state index in [1.54, 1.807) is 24.3 Å². The van der Waals surface area contributed by atoms with Crippen LogP contribution in [0.5, 0.6) is 0 Å². The Hall–Kier alpha value is -3.04. The van der Waals surface area contributed by atoms with Crippen LogP contribution in [0.3, 0.4) is 0 Å². The standard InChI is InChI=1S/C19H15BrN2O6/c20-13-5-1-12(2-6-13)17(24)15-16(21(9-10-23)19(26)18(15)25)11-3-7-14(8-4-11)22(27)28/h1-8,16,23-24H,9-10H2/b17-15-. The van der Waals surface area contributed by atoms with Crippen LogP contribution in [0.25, 0.3) is 5.76 Å². The van der Waals surface area contributed by atoms with E-state index in [2.05, 4.69) is 15.9 Å². The lowest BCUT2D eigenvalue weighted by Gasteiger charge is -2.24. The lowest BCUT2D eigenvalue weighted by Crippen LogP contribution is -2.32. The summed E-state index contributed by atoms with van der Waals surface area (Å²) in [4.78, 5) is 36.6. The fraction of sp³-hybridized carbons (Fsp3) is 0.158. The average molecular weight is 447 g/mol. The van der Waals surface area contributed by atoms with Crippen molar-refractivity contribution in [1.29, 1.82) is 0 Å². The van der Waals surface area contributed by atoms with Gasteiger partial charge in [0.25, 0.3) is 17.4 Å². The Balaban J connectivity index is 2.15. The summed E-state index contributed by atoms with van der Waals surface area (Å²) < 4.78 is 0.775. The van der Waals surface area contributed by atoms with Gasteiger partial charge < -0.3 is 15.1 Å². The average Bonchev–Trinajstić information content (AvgIpc) is 2.93. The zero-order valence-electron chi connectivity index (χ0n) is 14.4. The van der Waals surface area contributed by atoms with Gasteiger partial charge in [-0.1, -0.05) is 28.1 Å². The van der Waals surface area contributed by atoms with Gasteiger partial charge in [-0.25, -0.2) is 0 Å². The van der Waals surface area contributed by atoms with Crippen molar-refractivity contribution < 1.29 is 24.7 Å². The topological polar surface area (TPSA) is 121 Å². The van der Waals surface area contributed by atoms with Gasteiger partial charge in [-0.05, 0) is 29.8 Å². The van der Waals surface area contributed by atoms with Crippen molar-refractivity contribution >= 4 is 39.1 Å². The molecule has 0 saturated carbocycles. The van der Waals surface area contributed by atoms with Crippen molar-refractivity contribution in [2.45, 2.75) is 6.04 Å². The Morgan fingerprint density at radius 2 is 1.71 bits per heavy atom. The normalized spacial score (nSPS) is 18.5. The molecule has 1 aliphatic heterocycles. The first kappa shape index (κ1) is 19.7. The molecular weight excluding hydrogens is 432 g/mol. The number of benzene rings is 2. The minimum atomic E-state index is -0.961. The molecule has 0 aliphatic carbocycles. The lowest BCUT2D eigenvalue weighted by molar-refractivity contribution is -0.384. The third-order valence-corrected chi connectivity index (χ3v) is 4.95. The molecule has 1 saturated heterocycles. The molecule has 8 nitrogen and oxygen atoms in total. The molecule has 1 unspecified atom stereocenters. The number of rotatable bonds is 5. The number of nitrogens with zero attached hydrogens (tertiary/aromatic N) is 2. The number of hydrogen-bond donors (Lipinski definition) is 2. The summed E-state index contributed by atoms with van der Waals surface area (Å²) >= 11 is 3.29. The molecule has 0 bridgehead atoms. The molecule has 0 aromatic heterocycles. The van der Waals surface area contributed by atoms with Crippen LogP contribution >= 0.6 is 15.9 Å². The molecule has 144 valence electrons. The first-order chi connectivity index (χ1) is 13.3. The number of halogens is 1. The van der Waals surface area contributed by atoms with Crippen molar-refractivity contribution in [3.8, 4) is 0 Å². The number of non-ortho nitro benzene ring substituents is 1. The maximum atomic E-state index is 12.6. The fourth-order valence-electron chi connectivity index (χ4n) is 3.11. The van der Waals surface area contributed by atoms with Gasteiger partial charge in [-0.2, -0.15) is 0 Å². The minimum absolute atomic E-state index is 0.122. The molecule has 28 heavy (non-hydrogen) atoms. The number of carbonyl (C=O) groups is 2. The summed E-state index contributed by atoms with van der Waals surface area (Å²) in [5.41, 5.74) is 0.486. The van der Waals surface area contributed by atoms with Crippen LogP contribution in [-0.4, -0.2) is 44.9 Å². The largest absolute Gasteiger partial charge is 0.507 e. The van der Waals surface area contributed by atoms with E-state index < -0.39 is 22.7 Å². The third kappa shape index (κ3) is 3.54. The smallest absolute Gasteiger partial charge is 0.295 e. The molecule has 1 amide bonds. The molecule has 1 heterocycles. The number of likely N-dealkylation sites (tertiary alicyclic amines) is 1. The predicted octanol–water partition coefficient (Wildman–Crippen LogP) is 2.77. The molecule has 2 aromatic carbocycles. The van der Waals surface area contributed by atoms with E-state index in [0.29, 0.717) is 11.1 Å². The van der Waals surface area contributed by atoms with Crippen LogP contribution in [-0.2, 0) is 9.59 Å². The number of Topliss-reactive ketones (excluding diaryl/α,β-unsaturated/α-hetero) is 1. The van der Waals surface area contributed by atoms with Crippen molar-refractivity contribution in [1.82, 2.24) is 4.90 Å².